The predicted octanol–water partition coefficient (Wildman–Crippen LogP) is 3.85. The van der Waals surface area contributed by atoms with E-state index in [0.717, 1.165) is 12.1 Å². The van der Waals surface area contributed by atoms with E-state index in [4.69, 9.17) is 17.3 Å². The summed E-state index contributed by atoms with van der Waals surface area (Å²) in [7, 11) is 0. The summed E-state index contributed by atoms with van der Waals surface area (Å²) in [5, 5.41) is 0.0353. The van der Waals surface area contributed by atoms with Gasteiger partial charge in [0.1, 0.15) is 5.82 Å². The Morgan fingerprint density at radius 3 is 2.38 bits per heavy atom. The Bertz CT molecular complexity index is 354. The molecular formula is C9H9Cl2F4N. The molecule has 0 heterocycles. The number of hydrogen-bond donors (Lipinski definition) is 1. The monoisotopic (exact) mass is 277 g/mol. The van der Waals surface area contributed by atoms with E-state index in [0.29, 0.717) is 0 Å². The lowest BCUT2D eigenvalue weighted by Crippen LogP contribution is -2.20. The number of nitrogens with two attached hydrogens (primary N) is 1. The fraction of sp³-hybridized carbons (Fsp3) is 0.333. The van der Waals surface area contributed by atoms with Crippen LogP contribution in [0.4, 0.5) is 17.6 Å². The molecule has 0 aliphatic rings. The summed E-state index contributed by atoms with van der Waals surface area (Å²) in [6.45, 7) is 0. The smallest absolute Gasteiger partial charge is 0.324 e. The van der Waals surface area contributed by atoms with Crippen molar-refractivity contribution in [2.75, 3.05) is 0 Å². The standard InChI is InChI=1S/C9H8ClF4N.ClH/c10-7-2-1-5(11)3-6(7)8(15)4-9(12,13)14;/h1-3,8H,4,15H2;1H/t8-;/m1./s1. The van der Waals surface area contributed by atoms with Crippen LogP contribution >= 0.6 is 24.0 Å². The first-order valence-corrected chi connectivity index (χ1v) is 4.44. The zero-order chi connectivity index (χ0) is 11.6. The molecule has 0 fully saturated rings. The van der Waals surface area contributed by atoms with E-state index in [2.05, 4.69) is 0 Å². The van der Waals surface area contributed by atoms with Gasteiger partial charge in [0.25, 0.3) is 0 Å². The Balaban J connectivity index is 0.00000225. The van der Waals surface area contributed by atoms with Gasteiger partial charge < -0.3 is 5.73 Å². The molecule has 0 spiro atoms. The van der Waals surface area contributed by atoms with Crippen LogP contribution in [-0.2, 0) is 0 Å². The first-order valence-electron chi connectivity index (χ1n) is 4.07. The Morgan fingerprint density at radius 1 is 1.31 bits per heavy atom. The topological polar surface area (TPSA) is 26.0 Å². The molecule has 0 unspecified atom stereocenters. The third-order valence-corrected chi connectivity index (χ3v) is 2.15. The van der Waals surface area contributed by atoms with Crippen molar-refractivity contribution >= 4 is 24.0 Å². The Morgan fingerprint density at radius 2 is 1.88 bits per heavy atom. The highest BCUT2D eigenvalue weighted by Crippen LogP contribution is 2.31. The quantitative estimate of drug-likeness (QED) is 0.817. The SMILES string of the molecule is Cl.N[C@H](CC(F)(F)F)c1cc(F)ccc1Cl. The molecule has 16 heavy (non-hydrogen) atoms. The molecule has 0 aromatic heterocycles. The van der Waals surface area contributed by atoms with Crippen molar-refractivity contribution in [2.45, 2.75) is 18.6 Å². The molecule has 0 saturated carbocycles. The summed E-state index contributed by atoms with van der Waals surface area (Å²) >= 11 is 5.61. The van der Waals surface area contributed by atoms with Gasteiger partial charge in [0.15, 0.2) is 0 Å². The highest BCUT2D eigenvalue weighted by atomic mass is 35.5. The van der Waals surface area contributed by atoms with Gasteiger partial charge in [-0.25, -0.2) is 4.39 Å². The number of halogens is 6. The molecule has 1 rings (SSSR count). The maximum atomic E-state index is 12.7. The molecule has 1 aromatic carbocycles. The molecular weight excluding hydrogens is 269 g/mol. The van der Waals surface area contributed by atoms with E-state index >= 15 is 0 Å². The lowest BCUT2D eigenvalue weighted by Gasteiger charge is -2.15. The number of rotatable bonds is 2. The molecule has 1 aromatic rings. The zero-order valence-corrected chi connectivity index (χ0v) is 9.46. The molecule has 7 heteroatoms. The summed E-state index contributed by atoms with van der Waals surface area (Å²) < 4.78 is 48.8. The fourth-order valence-electron chi connectivity index (χ4n) is 1.16. The van der Waals surface area contributed by atoms with Crippen molar-refractivity contribution in [3.63, 3.8) is 0 Å². The fourth-order valence-corrected chi connectivity index (χ4v) is 1.42. The van der Waals surface area contributed by atoms with Gasteiger partial charge in [0, 0.05) is 11.1 Å². The van der Waals surface area contributed by atoms with Crippen molar-refractivity contribution in [2.24, 2.45) is 5.73 Å². The summed E-state index contributed by atoms with van der Waals surface area (Å²) in [5.41, 5.74) is 5.25. The van der Waals surface area contributed by atoms with Crippen molar-refractivity contribution in [3.05, 3.63) is 34.6 Å². The predicted molar refractivity (Wildman–Crippen MR) is 56.3 cm³/mol. The molecule has 0 aliphatic carbocycles. The second-order valence-electron chi connectivity index (χ2n) is 3.09. The van der Waals surface area contributed by atoms with E-state index in [1.165, 1.54) is 6.07 Å². The van der Waals surface area contributed by atoms with Crippen molar-refractivity contribution in [3.8, 4) is 0 Å². The first-order chi connectivity index (χ1) is 6.79. The molecule has 92 valence electrons. The van der Waals surface area contributed by atoms with Gasteiger partial charge >= 0.3 is 6.18 Å². The van der Waals surface area contributed by atoms with Crippen molar-refractivity contribution < 1.29 is 17.6 Å². The van der Waals surface area contributed by atoms with Gasteiger partial charge in [-0.05, 0) is 23.8 Å². The molecule has 2 N–H and O–H groups in total. The van der Waals surface area contributed by atoms with Crippen LogP contribution in [0, 0.1) is 5.82 Å². The molecule has 0 amide bonds. The number of hydrogen-bond acceptors (Lipinski definition) is 1. The normalized spacial score (nSPS) is 13.1. The van der Waals surface area contributed by atoms with Gasteiger partial charge in [0.2, 0.25) is 0 Å². The molecule has 1 nitrogen and oxygen atoms in total. The van der Waals surface area contributed by atoms with E-state index in [1.54, 1.807) is 0 Å². The van der Waals surface area contributed by atoms with Crippen LogP contribution in [0.2, 0.25) is 5.02 Å². The second kappa shape index (κ2) is 5.70. The van der Waals surface area contributed by atoms with Crippen molar-refractivity contribution in [1.29, 1.82) is 0 Å². The number of benzene rings is 1. The van der Waals surface area contributed by atoms with Gasteiger partial charge in [-0.15, -0.1) is 12.4 Å². The minimum absolute atomic E-state index is 0. The van der Waals surface area contributed by atoms with Gasteiger partial charge in [0.05, 0.1) is 6.42 Å². The van der Waals surface area contributed by atoms with Gasteiger partial charge in [-0.3, -0.25) is 0 Å². The second-order valence-corrected chi connectivity index (χ2v) is 3.50. The van der Waals surface area contributed by atoms with Crippen LogP contribution in [0.1, 0.15) is 18.0 Å². The molecule has 0 saturated heterocycles. The third-order valence-electron chi connectivity index (χ3n) is 1.81. The van der Waals surface area contributed by atoms with Crippen LogP contribution in [0.3, 0.4) is 0 Å². The highest BCUT2D eigenvalue weighted by Gasteiger charge is 2.31. The minimum atomic E-state index is -4.39. The maximum absolute atomic E-state index is 12.7. The summed E-state index contributed by atoms with van der Waals surface area (Å²) in [4.78, 5) is 0. The molecule has 1 atom stereocenters. The molecule has 0 radical (unpaired) electrons. The third kappa shape index (κ3) is 4.55. The van der Waals surface area contributed by atoms with E-state index < -0.39 is 24.5 Å². The summed E-state index contributed by atoms with van der Waals surface area (Å²) in [6, 6.07) is 1.82. The first kappa shape index (κ1) is 15.5. The van der Waals surface area contributed by atoms with E-state index in [1.807, 2.05) is 0 Å². The van der Waals surface area contributed by atoms with Crippen LogP contribution in [0.5, 0.6) is 0 Å². The Hall–Kier alpha value is -0.520. The number of alkyl halides is 3. The summed E-state index contributed by atoms with van der Waals surface area (Å²) in [6.07, 6.45) is -5.62. The lowest BCUT2D eigenvalue weighted by atomic mass is 10.0. The van der Waals surface area contributed by atoms with E-state index in [9.17, 15) is 17.6 Å². The highest BCUT2D eigenvalue weighted by molar-refractivity contribution is 6.31. The average Bonchev–Trinajstić information content (AvgIpc) is 2.06. The van der Waals surface area contributed by atoms with Crippen LogP contribution in [-0.4, -0.2) is 6.18 Å². The maximum Gasteiger partial charge on any atom is 0.390 e. The van der Waals surface area contributed by atoms with Gasteiger partial charge in [-0.2, -0.15) is 13.2 Å². The van der Waals surface area contributed by atoms with Crippen molar-refractivity contribution in [1.82, 2.24) is 0 Å². The molecule has 0 bridgehead atoms. The van der Waals surface area contributed by atoms with Gasteiger partial charge in [-0.1, -0.05) is 11.6 Å². The van der Waals surface area contributed by atoms with Crippen LogP contribution in [0.25, 0.3) is 0 Å². The lowest BCUT2D eigenvalue weighted by molar-refractivity contribution is -0.138. The minimum Gasteiger partial charge on any atom is -0.324 e. The Kier molecular flexibility index (Phi) is 5.52. The summed E-state index contributed by atoms with van der Waals surface area (Å²) in [5.74, 6) is -0.660. The van der Waals surface area contributed by atoms with Crippen LogP contribution < -0.4 is 5.73 Å². The average molecular weight is 278 g/mol. The molecule has 0 aliphatic heterocycles. The largest absolute Gasteiger partial charge is 0.390 e. The van der Waals surface area contributed by atoms with E-state index in [-0.39, 0.29) is 23.0 Å². The zero-order valence-electron chi connectivity index (χ0n) is 7.89. The van der Waals surface area contributed by atoms with Crippen LogP contribution in [0.15, 0.2) is 18.2 Å². The Labute approximate surface area is 101 Å².